The number of carbonyl (C=O) groups excluding carboxylic acids is 1. The van der Waals surface area contributed by atoms with E-state index in [9.17, 15) is 14.3 Å². The van der Waals surface area contributed by atoms with Crippen molar-refractivity contribution in [1.82, 2.24) is 4.90 Å². The molecule has 104 valence electrons. The largest absolute Gasteiger partial charge is 0.507 e. The van der Waals surface area contributed by atoms with Gasteiger partial charge in [0.25, 0.3) is 0 Å². The van der Waals surface area contributed by atoms with Crippen LogP contribution in [0.1, 0.15) is 30.6 Å². The lowest BCUT2D eigenvalue weighted by molar-refractivity contribution is 0.0938. The smallest absolute Gasteiger partial charge is 0.180 e. The van der Waals surface area contributed by atoms with Crippen molar-refractivity contribution in [3.63, 3.8) is 0 Å². The Morgan fingerprint density at radius 3 is 2.89 bits per heavy atom. The highest BCUT2D eigenvalue weighted by atomic mass is 19.1. The first-order valence-corrected chi connectivity index (χ1v) is 6.71. The summed E-state index contributed by atoms with van der Waals surface area (Å²) in [5.41, 5.74) is 0.0768. The lowest BCUT2D eigenvalue weighted by Crippen LogP contribution is -2.28. The van der Waals surface area contributed by atoms with Crippen molar-refractivity contribution in [1.29, 1.82) is 0 Å². The van der Waals surface area contributed by atoms with Crippen molar-refractivity contribution in [2.45, 2.75) is 20.3 Å². The number of Topliss-reactive ketones (excluding diaryl/α,β-unsaturated/α-hetero) is 1. The maximum atomic E-state index is 13.1. The molecule has 1 N–H and O–H groups in total. The quantitative estimate of drug-likeness (QED) is 0.851. The predicted molar refractivity (Wildman–Crippen MR) is 71.8 cm³/mol. The Balaban J connectivity index is 2.00. The molecular formula is C15H20FNO2. The molecule has 1 heterocycles. The Morgan fingerprint density at radius 1 is 1.53 bits per heavy atom. The van der Waals surface area contributed by atoms with Gasteiger partial charge >= 0.3 is 0 Å². The van der Waals surface area contributed by atoms with Gasteiger partial charge in [-0.2, -0.15) is 0 Å². The summed E-state index contributed by atoms with van der Waals surface area (Å²) in [5, 5.41) is 9.61. The Kier molecular flexibility index (Phi) is 4.20. The Hall–Kier alpha value is -1.42. The van der Waals surface area contributed by atoms with Crippen molar-refractivity contribution >= 4 is 5.78 Å². The number of carbonyl (C=O) groups is 1. The third kappa shape index (κ3) is 3.32. The summed E-state index contributed by atoms with van der Waals surface area (Å²) >= 11 is 0. The summed E-state index contributed by atoms with van der Waals surface area (Å²) in [6.07, 6.45) is 1.10. The first-order chi connectivity index (χ1) is 8.97. The minimum Gasteiger partial charge on any atom is -0.507 e. The molecule has 1 aliphatic heterocycles. The summed E-state index contributed by atoms with van der Waals surface area (Å²) in [5.74, 6) is 0.367. The van der Waals surface area contributed by atoms with Gasteiger partial charge in [-0.1, -0.05) is 13.8 Å². The minimum atomic E-state index is -0.498. The van der Waals surface area contributed by atoms with Crippen molar-refractivity contribution in [2.75, 3.05) is 19.6 Å². The van der Waals surface area contributed by atoms with Crippen LogP contribution in [0.25, 0.3) is 0 Å². The van der Waals surface area contributed by atoms with E-state index in [-0.39, 0.29) is 23.6 Å². The molecule has 1 aromatic carbocycles. The van der Waals surface area contributed by atoms with Crippen LogP contribution >= 0.6 is 0 Å². The molecule has 0 saturated carbocycles. The van der Waals surface area contributed by atoms with Gasteiger partial charge in [-0.15, -0.1) is 0 Å². The third-order valence-electron chi connectivity index (χ3n) is 3.88. The van der Waals surface area contributed by atoms with Crippen molar-refractivity contribution in [2.24, 2.45) is 11.8 Å². The normalized spacial score (nSPS) is 20.1. The van der Waals surface area contributed by atoms with Crippen LogP contribution in [0.2, 0.25) is 0 Å². The number of aromatic hydroxyl groups is 1. The van der Waals surface area contributed by atoms with E-state index in [0.717, 1.165) is 31.6 Å². The van der Waals surface area contributed by atoms with Crippen LogP contribution in [0.4, 0.5) is 4.39 Å². The lowest BCUT2D eigenvalue weighted by atomic mass is 9.95. The second-order valence-electron chi connectivity index (χ2n) is 5.61. The van der Waals surface area contributed by atoms with E-state index >= 15 is 0 Å². The molecule has 0 radical (unpaired) electrons. The zero-order chi connectivity index (χ0) is 14.0. The number of hydrogen-bond acceptors (Lipinski definition) is 3. The maximum absolute atomic E-state index is 13.1. The molecule has 1 aliphatic rings. The molecule has 1 aromatic rings. The summed E-state index contributed by atoms with van der Waals surface area (Å²) in [6, 6.07) is 3.48. The van der Waals surface area contributed by atoms with E-state index in [1.165, 1.54) is 6.07 Å². The van der Waals surface area contributed by atoms with Gasteiger partial charge in [0.1, 0.15) is 11.6 Å². The van der Waals surface area contributed by atoms with Crippen LogP contribution in [-0.2, 0) is 0 Å². The van der Waals surface area contributed by atoms with Gasteiger partial charge < -0.3 is 5.11 Å². The zero-order valence-electron chi connectivity index (χ0n) is 11.4. The number of likely N-dealkylation sites (tertiary alicyclic amines) is 1. The van der Waals surface area contributed by atoms with Crippen LogP contribution in [0.15, 0.2) is 18.2 Å². The molecule has 2 rings (SSSR count). The van der Waals surface area contributed by atoms with Gasteiger partial charge in [-0.25, -0.2) is 4.39 Å². The molecule has 4 heteroatoms. The highest BCUT2D eigenvalue weighted by Crippen LogP contribution is 2.25. The average Bonchev–Trinajstić information content (AvgIpc) is 2.80. The number of nitrogens with zero attached hydrogens (tertiary/aromatic N) is 1. The number of phenolic OH excluding ortho intramolecular Hbond substituents is 1. The van der Waals surface area contributed by atoms with Gasteiger partial charge in [-0.3, -0.25) is 9.69 Å². The minimum absolute atomic E-state index is 0.0768. The first kappa shape index (κ1) is 14.0. The Bertz CT molecular complexity index is 473. The molecule has 3 nitrogen and oxygen atoms in total. The average molecular weight is 265 g/mol. The molecule has 1 saturated heterocycles. The van der Waals surface area contributed by atoms with E-state index in [2.05, 4.69) is 18.7 Å². The monoisotopic (exact) mass is 265 g/mol. The fourth-order valence-electron chi connectivity index (χ4n) is 2.57. The molecule has 1 fully saturated rings. The van der Waals surface area contributed by atoms with Crippen molar-refractivity contribution < 1.29 is 14.3 Å². The van der Waals surface area contributed by atoms with Crippen LogP contribution in [0.5, 0.6) is 5.75 Å². The van der Waals surface area contributed by atoms with Crippen molar-refractivity contribution in [3.05, 3.63) is 29.6 Å². The van der Waals surface area contributed by atoms with E-state index in [1.807, 2.05) is 0 Å². The number of halogens is 1. The topological polar surface area (TPSA) is 40.5 Å². The molecule has 0 amide bonds. The molecule has 19 heavy (non-hydrogen) atoms. The van der Waals surface area contributed by atoms with Crippen LogP contribution in [0.3, 0.4) is 0 Å². The standard InChI is InChI=1S/C15H20FNO2/c1-10(2)11-5-6-17(8-11)9-15(19)13-7-12(16)3-4-14(13)18/h3-4,7,10-11,18H,5-6,8-9H2,1-2H3. The van der Waals surface area contributed by atoms with Gasteiger partial charge in [-0.05, 0) is 43.0 Å². The molecule has 0 aromatic heterocycles. The van der Waals surface area contributed by atoms with E-state index in [0.29, 0.717) is 11.8 Å². The number of ketones is 1. The summed E-state index contributed by atoms with van der Waals surface area (Å²) in [6.45, 7) is 6.42. The molecular weight excluding hydrogens is 245 g/mol. The highest BCUT2D eigenvalue weighted by molar-refractivity contribution is 6.00. The number of benzene rings is 1. The fourth-order valence-corrected chi connectivity index (χ4v) is 2.57. The van der Waals surface area contributed by atoms with Crippen LogP contribution < -0.4 is 0 Å². The molecule has 0 aliphatic carbocycles. The van der Waals surface area contributed by atoms with E-state index in [1.54, 1.807) is 0 Å². The summed E-state index contributed by atoms with van der Waals surface area (Å²) < 4.78 is 13.1. The second kappa shape index (κ2) is 5.70. The summed E-state index contributed by atoms with van der Waals surface area (Å²) in [4.78, 5) is 14.2. The molecule has 1 unspecified atom stereocenters. The van der Waals surface area contributed by atoms with Crippen molar-refractivity contribution in [3.8, 4) is 5.75 Å². The Labute approximate surface area is 113 Å². The number of phenols is 1. The summed E-state index contributed by atoms with van der Waals surface area (Å²) in [7, 11) is 0. The Morgan fingerprint density at radius 2 is 2.26 bits per heavy atom. The third-order valence-corrected chi connectivity index (χ3v) is 3.88. The highest BCUT2D eigenvalue weighted by Gasteiger charge is 2.26. The molecule has 0 bridgehead atoms. The number of rotatable bonds is 4. The molecule has 1 atom stereocenters. The maximum Gasteiger partial charge on any atom is 0.180 e. The fraction of sp³-hybridized carbons (Fsp3) is 0.533. The van der Waals surface area contributed by atoms with Crippen LogP contribution in [0, 0.1) is 17.7 Å². The van der Waals surface area contributed by atoms with Gasteiger partial charge in [0.05, 0.1) is 12.1 Å². The zero-order valence-corrected chi connectivity index (χ0v) is 11.4. The predicted octanol–water partition coefficient (Wildman–Crippen LogP) is 2.69. The van der Waals surface area contributed by atoms with Gasteiger partial charge in [0.15, 0.2) is 5.78 Å². The van der Waals surface area contributed by atoms with Gasteiger partial charge in [0.2, 0.25) is 0 Å². The van der Waals surface area contributed by atoms with E-state index in [4.69, 9.17) is 0 Å². The SMILES string of the molecule is CC(C)C1CCN(CC(=O)c2cc(F)ccc2O)C1. The van der Waals surface area contributed by atoms with Gasteiger partial charge in [0, 0.05) is 6.54 Å². The van der Waals surface area contributed by atoms with E-state index < -0.39 is 5.82 Å². The van der Waals surface area contributed by atoms with Crippen LogP contribution in [-0.4, -0.2) is 35.4 Å². The lowest BCUT2D eigenvalue weighted by Gasteiger charge is -2.17. The number of hydrogen-bond donors (Lipinski definition) is 1. The first-order valence-electron chi connectivity index (χ1n) is 6.71. The second-order valence-corrected chi connectivity index (χ2v) is 5.61. The molecule has 0 spiro atoms.